The van der Waals surface area contributed by atoms with Crippen LogP contribution in [0.25, 0.3) is 0 Å². The van der Waals surface area contributed by atoms with Gasteiger partial charge in [-0.05, 0) is 32.9 Å². The minimum absolute atomic E-state index is 0.0374. The van der Waals surface area contributed by atoms with Crippen LogP contribution in [0.15, 0.2) is 0 Å². The van der Waals surface area contributed by atoms with E-state index in [1.165, 1.54) is 0 Å². The first-order valence-electron chi connectivity index (χ1n) is 3.79. The van der Waals surface area contributed by atoms with Crippen LogP contribution in [0, 0.1) is 0 Å². The first-order chi connectivity index (χ1) is 4.45. The summed E-state index contributed by atoms with van der Waals surface area (Å²) in [6, 6.07) is 0. The van der Waals surface area contributed by atoms with Gasteiger partial charge in [0.1, 0.15) is 0 Å². The highest BCUT2D eigenvalue weighted by Crippen LogP contribution is 2.09. The lowest BCUT2D eigenvalue weighted by atomic mass is 10.2. The van der Waals surface area contributed by atoms with Gasteiger partial charge in [0.2, 0.25) is 0 Å². The van der Waals surface area contributed by atoms with Gasteiger partial charge in [-0.2, -0.15) is 0 Å². The smallest absolute Gasteiger partial charge is 0.166 e. The summed E-state index contributed by atoms with van der Waals surface area (Å²) in [5.41, 5.74) is 6.10. The Labute approximate surface area is 66.1 Å². The maximum absolute atomic E-state index is 5.64. The molecule has 1 unspecified atom stereocenters. The Morgan fingerprint density at radius 2 is 2.00 bits per heavy atom. The van der Waals surface area contributed by atoms with Crippen LogP contribution in [-0.2, 0) is 4.43 Å². The summed E-state index contributed by atoms with van der Waals surface area (Å²) in [5, 5.41) is 0. The summed E-state index contributed by atoms with van der Waals surface area (Å²) in [6.45, 7) is 9.18. The van der Waals surface area contributed by atoms with Crippen molar-refractivity contribution >= 4 is 9.76 Å². The average molecular weight is 161 g/mol. The van der Waals surface area contributed by atoms with Gasteiger partial charge in [-0.15, -0.1) is 0 Å². The molecule has 3 heteroatoms. The fourth-order valence-electron chi connectivity index (χ4n) is 0.460. The van der Waals surface area contributed by atoms with Crippen LogP contribution in [0.3, 0.4) is 0 Å². The average Bonchev–Trinajstić information content (AvgIpc) is 1.81. The molecule has 0 saturated carbocycles. The van der Waals surface area contributed by atoms with Crippen molar-refractivity contribution in [3.05, 3.63) is 0 Å². The maximum atomic E-state index is 5.64. The van der Waals surface area contributed by atoms with Gasteiger partial charge < -0.3 is 10.2 Å². The number of hydrogen-bond donors (Lipinski definition) is 1. The van der Waals surface area contributed by atoms with Crippen molar-refractivity contribution in [2.24, 2.45) is 5.73 Å². The Morgan fingerprint density at radius 1 is 1.50 bits per heavy atom. The summed E-state index contributed by atoms with van der Waals surface area (Å²) in [6.07, 6.45) is 0. The molecule has 0 saturated heterocycles. The fourth-order valence-corrected chi connectivity index (χ4v) is 1.38. The quantitative estimate of drug-likeness (QED) is 0.617. The van der Waals surface area contributed by atoms with Gasteiger partial charge in [-0.3, -0.25) is 0 Å². The highest BCUT2D eigenvalue weighted by molar-refractivity contribution is 6.29. The molecule has 0 aromatic rings. The zero-order valence-electron chi connectivity index (χ0n) is 7.48. The number of hydrogen-bond acceptors (Lipinski definition) is 2. The highest BCUT2D eigenvalue weighted by atomic mass is 28.2. The van der Waals surface area contributed by atoms with Crippen molar-refractivity contribution in [2.45, 2.75) is 38.8 Å². The lowest BCUT2D eigenvalue weighted by Gasteiger charge is -2.21. The first kappa shape index (κ1) is 10.1. The molecular formula is C7H19NOSi. The van der Waals surface area contributed by atoms with Gasteiger partial charge in [0, 0.05) is 5.60 Å². The van der Waals surface area contributed by atoms with Crippen LogP contribution < -0.4 is 5.73 Å². The molecule has 0 bridgehead atoms. The number of rotatable bonds is 3. The fraction of sp³-hybridized carbons (Fsp3) is 1.00. The molecule has 0 spiro atoms. The molecule has 62 valence electrons. The van der Waals surface area contributed by atoms with Crippen LogP contribution >= 0.6 is 0 Å². The number of nitrogens with two attached hydrogens (primary N) is 1. The van der Waals surface area contributed by atoms with Crippen molar-refractivity contribution in [1.29, 1.82) is 0 Å². The lowest BCUT2D eigenvalue weighted by molar-refractivity contribution is 0.136. The van der Waals surface area contributed by atoms with Crippen molar-refractivity contribution in [3.8, 4) is 0 Å². The van der Waals surface area contributed by atoms with E-state index in [1.54, 1.807) is 0 Å². The monoisotopic (exact) mass is 161 g/mol. The molecule has 0 aliphatic carbocycles. The van der Waals surface area contributed by atoms with Crippen LogP contribution in [0.2, 0.25) is 5.54 Å². The van der Waals surface area contributed by atoms with E-state index in [9.17, 15) is 0 Å². The van der Waals surface area contributed by atoms with E-state index < -0.39 is 9.76 Å². The van der Waals surface area contributed by atoms with Crippen LogP contribution in [-0.4, -0.2) is 21.9 Å². The predicted molar refractivity (Wildman–Crippen MR) is 47.9 cm³/mol. The molecule has 0 fully saturated rings. The highest BCUT2D eigenvalue weighted by Gasteiger charge is 2.11. The normalized spacial score (nSPS) is 16.5. The Kier molecular flexibility index (Phi) is 4.16. The zero-order chi connectivity index (χ0) is 8.20. The molecule has 2 N–H and O–H groups in total. The SMILES string of the molecule is CC(CN)[SiH2]OC(C)(C)C. The van der Waals surface area contributed by atoms with Crippen molar-refractivity contribution in [1.82, 2.24) is 0 Å². The predicted octanol–water partition coefficient (Wildman–Crippen LogP) is 0.652. The van der Waals surface area contributed by atoms with Gasteiger partial charge in [0.15, 0.2) is 9.76 Å². The molecular weight excluding hydrogens is 142 g/mol. The molecule has 0 aromatic carbocycles. The van der Waals surface area contributed by atoms with Gasteiger partial charge in [0.25, 0.3) is 0 Å². The third-order valence-electron chi connectivity index (χ3n) is 1.20. The second kappa shape index (κ2) is 4.11. The van der Waals surface area contributed by atoms with E-state index >= 15 is 0 Å². The molecule has 0 rings (SSSR count). The summed E-state index contributed by atoms with van der Waals surface area (Å²) in [5.74, 6) is 0. The third kappa shape index (κ3) is 6.26. The molecule has 0 amide bonds. The van der Waals surface area contributed by atoms with Gasteiger partial charge >= 0.3 is 0 Å². The van der Waals surface area contributed by atoms with Gasteiger partial charge in [-0.25, -0.2) is 0 Å². The Morgan fingerprint density at radius 3 is 2.30 bits per heavy atom. The zero-order valence-corrected chi connectivity index (χ0v) is 8.89. The van der Waals surface area contributed by atoms with E-state index in [4.69, 9.17) is 10.2 Å². The molecule has 0 aliphatic rings. The topological polar surface area (TPSA) is 35.2 Å². The van der Waals surface area contributed by atoms with E-state index in [0.717, 1.165) is 6.54 Å². The molecule has 0 aromatic heterocycles. The maximum Gasteiger partial charge on any atom is 0.166 e. The Hall–Kier alpha value is 0.137. The summed E-state index contributed by atoms with van der Waals surface area (Å²) >= 11 is 0. The second-order valence-electron chi connectivity index (χ2n) is 3.76. The summed E-state index contributed by atoms with van der Waals surface area (Å²) in [4.78, 5) is 0. The summed E-state index contributed by atoms with van der Waals surface area (Å²) in [7, 11) is -0.394. The van der Waals surface area contributed by atoms with Crippen molar-refractivity contribution < 1.29 is 4.43 Å². The molecule has 0 heterocycles. The molecule has 10 heavy (non-hydrogen) atoms. The van der Waals surface area contributed by atoms with Crippen molar-refractivity contribution in [2.75, 3.05) is 6.54 Å². The van der Waals surface area contributed by atoms with Crippen LogP contribution in [0.5, 0.6) is 0 Å². The van der Waals surface area contributed by atoms with E-state index in [2.05, 4.69) is 27.7 Å². The molecule has 1 atom stereocenters. The summed E-state index contributed by atoms with van der Waals surface area (Å²) < 4.78 is 5.64. The standard InChI is InChI=1S/C7H19NOSi/c1-6(5-8)10-9-7(2,3)4/h6H,5,8,10H2,1-4H3. The van der Waals surface area contributed by atoms with Crippen LogP contribution in [0.1, 0.15) is 27.7 Å². The molecule has 0 aliphatic heterocycles. The van der Waals surface area contributed by atoms with Crippen LogP contribution in [0.4, 0.5) is 0 Å². The third-order valence-corrected chi connectivity index (χ3v) is 3.14. The second-order valence-corrected chi connectivity index (χ2v) is 5.78. The Balaban J connectivity index is 3.36. The Bertz CT molecular complexity index is 90.1. The van der Waals surface area contributed by atoms with E-state index in [-0.39, 0.29) is 5.60 Å². The van der Waals surface area contributed by atoms with Crippen molar-refractivity contribution in [3.63, 3.8) is 0 Å². The van der Waals surface area contributed by atoms with E-state index in [1.807, 2.05) is 0 Å². The van der Waals surface area contributed by atoms with Gasteiger partial charge in [-0.1, -0.05) is 6.92 Å². The lowest BCUT2D eigenvalue weighted by Crippen LogP contribution is -2.25. The minimum atomic E-state index is -0.394. The molecule has 0 radical (unpaired) electrons. The minimum Gasteiger partial charge on any atom is -0.419 e. The largest absolute Gasteiger partial charge is 0.419 e. The molecule has 2 nitrogen and oxygen atoms in total. The first-order valence-corrected chi connectivity index (χ1v) is 5.19. The van der Waals surface area contributed by atoms with Gasteiger partial charge in [0.05, 0.1) is 0 Å². The van der Waals surface area contributed by atoms with E-state index in [0.29, 0.717) is 5.54 Å².